The van der Waals surface area contributed by atoms with E-state index in [-0.39, 0.29) is 18.9 Å². The van der Waals surface area contributed by atoms with E-state index in [1.165, 1.54) is 36.5 Å². The zero-order valence-electron chi connectivity index (χ0n) is 18.5. The maximum Gasteiger partial charge on any atom is 0.228 e. The topological polar surface area (TPSA) is 51.2 Å². The molecule has 0 bridgehead atoms. The predicted molar refractivity (Wildman–Crippen MR) is 135 cm³/mol. The van der Waals surface area contributed by atoms with Crippen molar-refractivity contribution in [1.29, 1.82) is 0 Å². The fraction of sp³-hybridized carbons (Fsp3) is 0.111. The highest BCUT2D eigenvalue weighted by atomic mass is 35.5. The molecule has 0 saturated carbocycles. The van der Waals surface area contributed by atoms with Gasteiger partial charge in [0.15, 0.2) is 0 Å². The zero-order valence-corrected chi connectivity index (χ0v) is 20.1. The summed E-state index contributed by atoms with van der Waals surface area (Å²) in [6.07, 6.45) is 1.28. The van der Waals surface area contributed by atoms with Gasteiger partial charge in [0.2, 0.25) is 11.9 Å². The molecular weight excluding hydrogens is 490 g/mol. The van der Waals surface area contributed by atoms with Crippen LogP contribution in [0.1, 0.15) is 16.7 Å². The minimum atomic E-state index is -0.573. The molecule has 1 aromatic heterocycles. The summed E-state index contributed by atoms with van der Waals surface area (Å²) in [6.45, 7) is 0.248. The number of hydrogen-bond donors (Lipinski definition) is 1. The van der Waals surface area contributed by atoms with Gasteiger partial charge in [0.1, 0.15) is 18.2 Å². The van der Waals surface area contributed by atoms with Crippen molar-refractivity contribution in [1.82, 2.24) is 4.98 Å². The Bertz CT molecular complexity index is 1300. The van der Waals surface area contributed by atoms with Crippen LogP contribution in [0.5, 0.6) is 5.75 Å². The van der Waals surface area contributed by atoms with Gasteiger partial charge in [-0.3, -0.25) is 4.79 Å². The van der Waals surface area contributed by atoms with Gasteiger partial charge < -0.3 is 10.1 Å². The lowest BCUT2D eigenvalue weighted by molar-refractivity contribution is -0.115. The van der Waals surface area contributed by atoms with Crippen molar-refractivity contribution in [2.24, 2.45) is 0 Å². The van der Waals surface area contributed by atoms with E-state index in [2.05, 4.69) is 10.3 Å². The third-order valence-electron chi connectivity index (χ3n) is 5.04. The van der Waals surface area contributed by atoms with Crippen LogP contribution < -0.4 is 10.1 Å². The van der Waals surface area contributed by atoms with E-state index in [0.717, 1.165) is 21.8 Å². The Morgan fingerprint density at radius 2 is 1.80 bits per heavy atom. The summed E-state index contributed by atoms with van der Waals surface area (Å²) >= 11 is 7.70. The molecule has 0 aliphatic carbocycles. The highest BCUT2D eigenvalue weighted by Crippen LogP contribution is 2.30. The Labute approximate surface area is 211 Å². The van der Waals surface area contributed by atoms with Crippen LogP contribution in [0.25, 0.3) is 0 Å². The first-order valence-corrected chi connectivity index (χ1v) is 12.1. The van der Waals surface area contributed by atoms with Crippen molar-refractivity contribution in [2.45, 2.75) is 23.7 Å². The maximum absolute atomic E-state index is 13.5. The standard InChI is InChI=1S/C27H21ClF2N2O2S/c28-24-10-7-21(29)12-20(24)13-27(33)32-22-8-6-19(16-34-23-9-11-26(30)31-15-23)25(14-22)35-17-18-4-2-1-3-5-18/h1-12,14-15H,13,16-17H2,(H,32,33). The molecule has 0 aliphatic rings. The van der Waals surface area contributed by atoms with Gasteiger partial charge in [0.05, 0.1) is 12.6 Å². The van der Waals surface area contributed by atoms with Gasteiger partial charge in [-0.05, 0) is 53.6 Å². The number of carbonyl (C=O) groups excluding carboxylic acids is 1. The molecule has 0 fully saturated rings. The molecule has 8 heteroatoms. The molecule has 1 heterocycles. The smallest absolute Gasteiger partial charge is 0.228 e. The van der Waals surface area contributed by atoms with Gasteiger partial charge in [-0.15, -0.1) is 11.8 Å². The SMILES string of the molecule is O=C(Cc1cc(F)ccc1Cl)Nc1ccc(COc2ccc(F)nc2)c(SCc2ccccc2)c1. The number of anilines is 1. The van der Waals surface area contributed by atoms with E-state index >= 15 is 0 Å². The number of hydrogen-bond acceptors (Lipinski definition) is 4. The van der Waals surface area contributed by atoms with Crippen molar-refractivity contribution in [3.8, 4) is 5.75 Å². The Hall–Kier alpha value is -3.42. The summed E-state index contributed by atoms with van der Waals surface area (Å²) in [5, 5.41) is 3.19. The molecule has 0 radical (unpaired) electrons. The van der Waals surface area contributed by atoms with Crippen LogP contribution in [0.4, 0.5) is 14.5 Å². The molecule has 0 unspecified atom stereocenters. The number of amides is 1. The van der Waals surface area contributed by atoms with E-state index < -0.39 is 11.8 Å². The second-order valence-electron chi connectivity index (χ2n) is 7.66. The number of pyridine rings is 1. The monoisotopic (exact) mass is 510 g/mol. The second kappa shape index (κ2) is 11.8. The largest absolute Gasteiger partial charge is 0.487 e. The predicted octanol–water partition coefficient (Wildman–Crippen LogP) is 7.07. The van der Waals surface area contributed by atoms with Crippen LogP contribution >= 0.6 is 23.4 Å². The van der Waals surface area contributed by atoms with Crippen LogP contribution in [0.3, 0.4) is 0 Å². The molecule has 0 saturated heterocycles. The normalized spacial score (nSPS) is 10.7. The number of halogens is 3. The molecule has 0 atom stereocenters. The number of aromatic nitrogens is 1. The molecule has 0 spiro atoms. The van der Waals surface area contributed by atoms with Gasteiger partial charge in [0, 0.05) is 26.9 Å². The average Bonchev–Trinajstić information content (AvgIpc) is 2.86. The fourth-order valence-corrected chi connectivity index (χ4v) is 4.51. The summed E-state index contributed by atoms with van der Waals surface area (Å²) in [4.78, 5) is 17.1. The van der Waals surface area contributed by atoms with Crippen LogP contribution in [-0.4, -0.2) is 10.9 Å². The van der Waals surface area contributed by atoms with Gasteiger partial charge >= 0.3 is 0 Å². The minimum Gasteiger partial charge on any atom is -0.487 e. The Kier molecular flexibility index (Phi) is 8.34. The molecule has 1 N–H and O–H groups in total. The third-order valence-corrected chi connectivity index (χ3v) is 6.58. The first-order chi connectivity index (χ1) is 17.0. The van der Waals surface area contributed by atoms with E-state index in [4.69, 9.17) is 16.3 Å². The van der Waals surface area contributed by atoms with Crippen molar-refractivity contribution in [3.63, 3.8) is 0 Å². The first-order valence-electron chi connectivity index (χ1n) is 10.7. The fourth-order valence-electron chi connectivity index (χ4n) is 3.29. The molecule has 0 aliphatic heterocycles. The van der Waals surface area contributed by atoms with Gasteiger partial charge in [-0.2, -0.15) is 4.39 Å². The molecule has 35 heavy (non-hydrogen) atoms. The van der Waals surface area contributed by atoms with Gasteiger partial charge in [0.25, 0.3) is 0 Å². The van der Waals surface area contributed by atoms with Crippen LogP contribution in [0.15, 0.2) is 90.0 Å². The molecule has 3 aromatic carbocycles. The summed E-state index contributed by atoms with van der Waals surface area (Å²) in [5.74, 6) is -0.149. The summed E-state index contributed by atoms with van der Waals surface area (Å²) in [6, 6.07) is 22.2. The summed E-state index contributed by atoms with van der Waals surface area (Å²) < 4.78 is 32.4. The Morgan fingerprint density at radius 1 is 0.971 bits per heavy atom. The number of benzene rings is 3. The van der Waals surface area contributed by atoms with E-state index in [1.807, 2.05) is 42.5 Å². The highest BCUT2D eigenvalue weighted by Gasteiger charge is 2.12. The van der Waals surface area contributed by atoms with E-state index in [0.29, 0.717) is 22.0 Å². The Balaban J connectivity index is 1.49. The van der Waals surface area contributed by atoms with Crippen LogP contribution in [0, 0.1) is 11.8 Å². The third kappa shape index (κ3) is 7.28. The van der Waals surface area contributed by atoms with Crippen molar-refractivity contribution in [3.05, 3.63) is 119 Å². The van der Waals surface area contributed by atoms with Crippen molar-refractivity contribution >= 4 is 35.0 Å². The first kappa shape index (κ1) is 24.7. The molecular formula is C27H21ClF2N2O2S. The van der Waals surface area contributed by atoms with Crippen molar-refractivity contribution < 1.29 is 18.3 Å². The minimum absolute atomic E-state index is 0.0501. The molecule has 1 amide bonds. The highest BCUT2D eigenvalue weighted by molar-refractivity contribution is 7.98. The number of rotatable bonds is 9. The van der Waals surface area contributed by atoms with Gasteiger partial charge in [-0.25, -0.2) is 9.37 Å². The maximum atomic E-state index is 13.5. The number of nitrogens with one attached hydrogen (secondary N) is 1. The number of nitrogens with zero attached hydrogens (tertiary/aromatic N) is 1. The van der Waals surface area contributed by atoms with Crippen molar-refractivity contribution in [2.75, 3.05) is 5.32 Å². The number of thioether (sulfide) groups is 1. The quantitative estimate of drug-likeness (QED) is 0.193. The van der Waals surface area contributed by atoms with Crippen LogP contribution in [0.2, 0.25) is 5.02 Å². The lowest BCUT2D eigenvalue weighted by Crippen LogP contribution is -2.15. The Morgan fingerprint density at radius 3 is 2.57 bits per heavy atom. The lowest BCUT2D eigenvalue weighted by Gasteiger charge is -2.14. The summed E-state index contributed by atoms with van der Waals surface area (Å²) in [5.41, 5.74) is 3.08. The molecule has 4 nitrogen and oxygen atoms in total. The van der Waals surface area contributed by atoms with Gasteiger partial charge in [-0.1, -0.05) is 48.0 Å². The van der Waals surface area contributed by atoms with E-state index in [1.54, 1.807) is 17.8 Å². The molecule has 4 rings (SSSR count). The second-order valence-corrected chi connectivity index (χ2v) is 9.09. The zero-order chi connectivity index (χ0) is 24.6. The molecule has 4 aromatic rings. The summed E-state index contributed by atoms with van der Waals surface area (Å²) in [7, 11) is 0. The molecule has 178 valence electrons. The van der Waals surface area contributed by atoms with E-state index in [9.17, 15) is 13.6 Å². The lowest BCUT2D eigenvalue weighted by atomic mass is 10.1. The number of ether oxygens (including phenoxy) is 1. The number of carbonyl (C=O) groups is 1. The average molecular weight is 511 g/mol. The van der Waals surface area contributed by atoms with Crippen LogP contribution in [-0.2, 0) is 23.6 Å².